The number of carbonyl (C=O) groups is 1. The summed E-state index contributed by atoms with van der Waals surface area (Å²) in [7, 11) is 0. The van der Waals surface area contributed by atoms with Crippen molar-refractivity contribution in [3.8, 4) is 0 Å². The zero-order valence-electron chi connectivity index (χ0n) is 10.9. The Morgan fingerprint density at radius 2 is 2.25 bits per heavy atom. The molecule has 1 unspecified atom stereocenters. The van der Waals surface area contributed by atoms with Crippen LogP contribution in [0.5, 0.6) is 0 Å². The van der Waals surface area contributed by atoms with E-state index < -0.39 is 11.9 Å². The van der Waals surface area contributed by atoms with E-state index in [4.69, 9.17) is 0 Å². The number of halogens is 1. The Bertz CT molecular complexity index is 651. The third-order valence-electron chi connectivity index (χ3n) is 3.72. The van der Waals surface area contributed by atoms with Gasteiger partial charge in [-0.05, 0) is 30.9 Å². The summed E-state index contributed by atoms with van der Waals surface area (Å²) in [4.78, 5) is 18.8. The van der Waals surface area contributed by atoms with Crippen LogP contribution in [0.1, 0.15) is 41.5 Å². The van der Waals surface area contributed by atoms with Crippen LogP contribution in [0.4, 0.5) is 4.39 Å². The Balaban J connectivity index is 1.90. The number of carboxylic acid groups (broad SMARTS) is 1. The molecular formula is C15H15FN2O2. The van der Waals surface area contributed by atoms with Crippen molar-refractivity contribution >= 4 is 5.97 Å². The zero-order valence-corrected chi connectivity index (χ0v) is 10.9. The number of imidazole rings is 1. The molecule has 0 bridgehead atoms. The van der Waals surface area contributed by atoms with Gasteiger partial charge in [0.1, 0.15) is 17.6 Å². The molecule has 1 atom stereocenters. The van der Waals surface area contributed by atoms with Gasteiger partial charge in [0.2, 0.25) is 0 Å². The number of hydrogen-bond acceptors (Lipinski definition) is 2. The molecule has 0 aliphatic heterocycles. The number of aryl methyl sites for hydroxylation is 1. The standard InChI is InChI=1S/C15H15FN2O2/c16-11-6-2-1-4-9(11)8-13-17-12-7-3-5-10(15(19)20)14(12)18-13/h1-2,4,6,10H,3,5,7-8H2,(H,17,18)(H,19,20). The molecule has 104 valence electrons. The number of hydrogen-bond donors (Lipinski definition) is 2. The van der Waals surface area contributed by atoms with E-state index in [-0.39, 0.29) is 5.82 Å². The average Bonchev–Trinajstić information content (AvgIpc) is 2.83. The van der Waals surface area contributed by atoms with Gasteiger partial charge in [-0.2, -0.15) is 0 Å². The van der Waals surface area contributed by atoms with E-state index in [1.807, 2.05) is 0 Å². The predicted octanol–water partition coefficient (Wildman–Crippen LogP) is 2.64. The average molecular weight is 274 g/mol. The number of nitrogens with zero attached hydrogens (tertiary/aromatic N) is 1. The number of fused-ring (bicyclic) bond motifs is 1. The maximum absolute atomic E-state index is 13.6. The molecule has 2 N–H and O–H groups in total. The molecule has 20 heavy (non-hydrogen) atoms. The van der Waals surface area contributed by atoms with E-state index in [1.54, 1.807) is 18.2 Å². The lowest BCUT2D eigenvalue weighted by molar-refractivity contribution is -0.139. The minimum absolute atomic E-state index is 0.267. The quantitative estimate of drug-likeness (QED) is 0.904. The van der Waals surface area contributed by atoms with Crippen LogP contribution in [-0.4, -0.2) is 21.0 Å². The molecule has 1 aliphatic rings. The lowest BCUT2D eigenvalue weighted by Gasteiger charge is -2.16. The van der Waals surface area contributed by atoms with Gasteiger partial charge in [0, 0.05) is 12.1 Å². The second-order valence-corrected chi connectivity index (χ2v) is 5.10. The van der Waals surface area contributed by atoms with Gasteiger partial charge in [0.05, 0.1) is 5.69 Å². The van der Waals surface area contributed by atoms with Crippen LogP contribution in [0, 0.1) is 5.82 Å². The van der Waals surface area contributed by atoms with Gasteiger partial charge in [-0.3, -0.25) is 4.79 Å². The van der Waals surface area contributed by atoms with Crippen molar-refractivity contribution in [1.29, 1.82) is 0 Å². The Hall–Kier alpha value is -2.17. The predicted molar refractivity (Wildman–Crippen MR) is 71.1 cm³/mol. The summed E-state index contributed by atoms with van der Waals surface area (Å²) >= 11 is 0. The molecule has 0 radical (unpaired) electrons. The SMILES string of the molecule is O=C(O)C1CCCc2[nH]c(Cc3ccccc3F)nc21. The molecule has 3 rings (SSSR count). The van der Waals surface area contributed by atoms with Gasteiger partial charge in [0.15, 0.2) is 0 Å². The van der Waals surface area contributed by atoms with Crippen LogP contribution in [0.25, 0.3) is 0 Å². The third kappa shape index (κ3) is 2.31. The van der Waals surface area contributed by atoms with Crippen molar-refractivity contribution in [3.05, 3.63) is 52.9 Å². The summed E-state index contributed by atoms with van der Waals surface area (Å²) in [5.74, 6) is -1.01. The number of nitrogens with one attached hydrogen (secondary N) is 1. The van der Waals surface area contributed by atoms with Crippen molar-refractivity contribution in [2.75, 3.05) is 0 Å². The van der Waals surface area contributed by atoms with Gasteiger partial charge in [-0.1, -0.05) is 18.2 Å². The zero-order chi connectivity index (χ0) is 14.1. The summed E-state index contributed by atoms with van der Waals surface area (Å²) in [6.07, 6.45) is 2.62. The molecule has 0 saturated carbocycles. The fourth-order valence-corrected chi connectivity index (χ4v) is 2.72. The first kappa shape index (κ1) is 12.8. The molecule has 1 aromatic heterocycles. The minimum atomic E-state index is -0.838. The summed E-state index contributed by atoms with van der Waals surface area (Å²) in [6, 6.07) is 6.55. The molecule has 1 heterocycles. The maximum Gasteiger partial charge on any atom is 0.312 e. The highest BCUT2D eigenvalue weighted by molar-refractivity contribution is 5.76. The number of carboxylic acids is 1. The Morgan fingerprint density at radius 1 is 1.45 bits per heavy atom. The highest BCUT2D eigenvalue weighted by Crippen LogP contribution is 2.30. The fourth-order valence-electron chi connectivity index (χ4n) is 2.72. The number of benzene rings is 1. The van der Waals surface area contributed by atoms with Crippen LogP contribution < -0.4 is 0 Å². The van der Waals surface area contributed by atoms with E-state index in [9.17, 15) is 14.3 Å². The number of aliphatic carboxylic acids is 1. The smallest absolute Gasteiger partial charge is 0.312 e. The van der Waals surface area contributed by atoms with Crippen LogP contribution >= 0.6 is 0 Å². The second kappa shape index (κ2) is 5.07. The topological polar surface area (TPSA) is 66.0 Å². The van der Waals surface area contributed by atoms with Crippen molar-refractivity contribution in [1.82, 2.24) is 9.97 Å². The second-order valence-electron chi connectivity index (χ2n) is 5.10. The molecular weight excluding hydrogens is 259 g/mol. The van der Waals surface area contributed by atoms with E-state index in [0.29, 0.717) is 29.9 Å². The third-order valence-corrected chi connectivity index (χ3v) is 3.72. The molecule has 4 nitrogen and oxygen atoms in total. The van der Waals surface area contributed by atoms with Crippen molar-refractivity contribution in [2.24, 2.45) is 0 Å². The molecule has 0 amide bonds. The monoisotopic (exact) mass is 274 g/mol. The van der Waals surface area contributed by atoms with Crippen LogP contribution in [0.2, 0.25) is 0 Å². The van der Waals surface area contributed by atoms with E-state index in [1.165, 1.54) is 6.07 Å². The lowest BCUT2D eigenvalue weighted by atomic mass is 9.90. The lowest BCUT2D eigenvalue weighted by Crippen LogP contribution is -2.17. The molecule has 0 saturated heterocycles. The molecule has 2 aromatic rings. The van der Waals surface area contributed by atoms with Gasteiger partial charge in [-0.15, -0.1) is 0 Å². The van der Waals surface area contributed by atoms with E-state index in [2.05, 4.69) is 9.97 Å². The number of aromatic nitrogens is 2. The Labute approximate surface area is 115 Å². The van der Waals surface area contributed by atoms with Gasteiger partial charge in [0.25, 0.3) is 0 Å². The maximum atomic E-state index is 13.6. The largest absolute Gasteiger partial charge is 0.481 e. The van der Waals surface area contributed by atoms with Crippen LogP contribution in [0.3, 0.4) is 0 Å². The number of rotatable bonds is 3. The van der Waals surface area contributed by atoms with Crippen molar-refractivity contribution < 1.29 is 14.3 Å². The van der Waals surface area contributed by atoms with Gasteiger partial charge in [-0.25, -0.2) is 9.37 Å². The van der Waals surface area contributed by atoms with Gasteiger partial charge >= 0.3 is 5.97 Å². The molecule has 0 fully saturated rings. The Morgan fingerprint density at radius 3 is 3.00 bits per heavy atom. The summed E-state index contributed by atoms with van der Waals surface area (Å²) in [5.41, 5.74) is 2.07. The fraction of sp³-hybridized carbons (Fsp3) is 0.333. The highest BCUT2D eigenvalue weighted by atomic mass is 19.1. The first-order valence-corrected chi connectivity index (χ1v) is 6.69. The van der Waals surface area contributed by atoms with Crippen molar-refractivity contribution in [3.63, 3.8) is 0 Å². The Kier molecular flexibility index (Phi) is 3.26. The minimum Gasteiger partial charge on any atom is -0.481 e. The molecule has 1 aromatic carbocycles. The van der Waals surface area contributed by atoms with Gasteiger partial charge < -0.3 is 10.1 Å². The normalized spacial score (nSPS) is 17.8. The number of H-pyrrole nitrogens is 1. The van der Waals surface area contributed by atoms with E-state index >= 15 is 0 Å². The van der Waals surface area contributed by atoms with Crippen LogP contribution in [-0.2, 0) is 17.6 Å². The molecule has 0 spiro atoms. The first-order valence-electron chi connectivity index (χ1n) is 6.69. The van der Waals surface area contributed by atoms with Crippen molar-refractivity contribution in [2.45, 2.75) is 31.6 Å². The summed E-state index contributed by atoms with van der Waals surface area (Å²) in [5, 5.41) is 9.21. The molecule has 1 aliphatic carbocycles. The molecule has 5 heteroatoms. The highest BCUT2D eigenvalue weighted by Gasteiger charge is 2.29. The first-order chi connectivity index (χ1) is 9.65. The summed E-state index contributed by atoms with van der Waals surface area (Å²) < 4.78 is 13.6. The van der Waals surface area contributed by atoms with E-state index in [0.717, 1.165) is 18.5 Å². The summed E-state index contributed by atoms with van der Waals surface area (Å²) in [6.45, 7) is 0. The van der Waals surface area contributed by atoms with Crippen LogP contribution in [0.15, 0.2) is 24.3 Å². The number of aromatic amines is 1.